The van der Waals surface area contributed by atoms with Gasteiger partial charge in [-0.3, -0.25) is 4.79 Å². The molecule has 1 N–H and O–H groups in total. The highest BCUT2D eigenvalue weighted by Crippen LogP contribution is 2.13. The molecule has 7 heteroatoms. The van der Waals surface area contributed by atoms with Crippen molar-refractivity contribution >= 4 is 21.8 Å². The molecule has 0 saturated carbocycles. The number of benzene rings is 1. The number of rotatable bonds is 3. The Bertz CT molecular complexity index is 718. The largest absolute Gasteiger partial charge is 0.348 e. The van der Waals surface area contributed by atoms with Gasteiger partial charge in [0.15, 0.2) is 9.84 Å². The van der Waals surface area contributed by atoms with Gasteiger partial charge >= 0.3 is 0 Å². The molecule has 1 atom stereocenters. The topological polar surface area (TPSA) is 87.0 Å². The van der Waals surface area contributed by atoms with Crippen LogP contribution in [0.2, 0.25) is 0 Å². The molecule has 1 fully saturated rings. The number of carbonyl (C=O) groups is 1. The van der Waals surface area contributed by atoms with Crippen molar-refractivity contribution in [3.63, 3.8) is 0 Å². The predicted molar refractivity (Wildman–Crippen MR) is 75.2 cm³/mol. The van der Waals surface area contributed by atoms with Crippen LogP contribution in [-0.4, -0.2) is 31.9 Å². The average Bonchev–Trinajstić information content (AvgIpc) is 2.77. The molecule has 21 heavy (non-hydrogen) atoms. The second-order valence-electron chi connectivity index (χ2n) is 4.79. The molecule has 1 saturated heterocycles. The Labute approximate surface area is 122 Å². The summed E-state index contributed by atoms with van der Waals surface area (Å²) < 4.78 is 35.4. The van der Waals surface area contributed by atoms with E-state index in [-0.39, 0.29) is 17.1 Å². The highest BCUT2D eigenvalue weighted by Gasteiger charge is 2.29. The summed E-state index contributed by atoms with van der Waals surface area (Å²) in [6.07, 6.45) is 1.68. The lowest BCUT2D eigenvalue weighted by Crippen LogP contribution is -2.36. The van der Waals surface area contributed by atoms with Gasteiger partial charge in [0.05, 0.1) is 11.5 Å². The SMILES string of the molecule is N#C/C(=C\c1ccc(F)cc1)C(=O)N[C@@H]1CCS(=O)(=O)C1. The number of nitrogens with zero attached hydrogens (tertiary/aromatic N) is 1. The fourth-order valence-corrected chi connectivity index (χ4v) is 3.72. The predicted octanol–water partition coefficient (Wildman–Crippen LogP) is 1.04. The second-order valence-corrected chi connectivity index (χ2v) is 7.02. The summed E-state index contributed by atoms with van der Waals surface area (Å²) in [5, 5.41) is 11.6. The second kappa shape index (κ2) is 6.06. The number of amides is 1. The van der Waals surface area contributed by atoms with Crippen molar-refractivity contribution in [3.05, 3.63) is 41.2 Å². The molecule has 1 aromatic carbocycles. The lowest BCUT2D eigenvalue weighted by atomic mass is 10.1. The van der Waals surface area contributed by atoms with E-state index in [1.54, 1.807) is 6.07 Å². The number of sulfone groups is 1. The van der Waals surface area contributed by atoms with Crippen LogP contribution in [0.5, 0.6) is 0 Å². The Morgan fingerprint density at radius 3 is 2.57 bits per heavy atom. The van der Waals surface area contributed by atoms with E-state index >= 15 is 0 Å². The van der Waals surface area contributed by atoms with Gasteiger partial charge in [-0.1, -0.05) is 12.1 Å². The zero-order valence-corrected chi connectivity index (χ0v) is 11.9. The van der Waals surface area contributed by atoms with E-state index in [4.69, 9.17) is 5.26 Å². The first-order valence-electron chi connectivity index (χ1n) is 6.28. The van der Waals surface area contributed by atoms with Crippen molar-refractivity contribution in [2.75, 3.05) is 11.5 Å². The van der Waals surface area contributed by atoms with Crippen LogP contribution in [0.3, 0.4) is 0 Å². The smallest absolute Gasteiger partial charge is 0.262 e. The van der Waals surface area contributed by atoms with Crippen LogP contribution in [0.1, 0.15) is 12.0 Å². The molecule has 110 valence electrons. The number of halogens is 1. The molecule has 2 rings (SSSR count). The highest BCUT2D eigenvalue weighted by molar-refractivity contribution is 7.91. The Hall–Kier alpha value is -2.20. The normalized spacial score (nSPS) is 20.8. The Balaban J connectivity index is 2.09. The van der Waals surface area contributed by atoms with Crippen LogP contribution in [-0.2, 0) is 14.6 Å². The Morgan fingerprint density at radius 2 is 2.05 bits per heavy atom. The first kappa shape index (κ1) is 15.2. The number of hydrogen-bond donors (Lipinski definition) is 1. The molecule has 0 unspecified atom stereocenters. The molecule has 0 bridgehead atoms. The van der Waals surface area contributed by atoms with Gasteiger partial charge in [0.1, 0.15) is 17.5 Å². The number of nitrogens with one attached hydrogen (secondary N) is 1. The van der Waals surface area contributed by atoms with Gasteiger partial charge in [-0.25, -0.2) is 12.8 Å². The van der Waals surface area contributed by atoms with Gasteiger partial charge in [-0.15, -0.1) is 0 Å². The standard InChI is InChI=1S/C14H13FN2O3S/c15-12-3-1-10(2-4-12)7-11(8-16)14(18)17-13-5-6-21(19,20)9-13/h1-4,7,13H,5-6,9H2,(H,17,18)/b11-7+/t13-/m1/s1. The van der Waals surface area contributed by atoms with Crippen molar-refractivity contribution in [1.82, 2.24) is 5.32 Å². The molecule has 1 aliphatic heterocycles. The summed E-state index contributed by atoms with van der Waals surface area (Å²) >= 11 is 0. The van der Waals surface area contributed by atoms with Crippen molar-refractivity contribution in [2.45, 2.75) is 12.5 Å². The van der Waals surface area contributed by atoms with Gasteiger partial charge in [0.2, 0.25) is 0 Å². The molecule has 0 aliphatic carbocycles. The van der Waals surface area contributed by atoms with E-state index in [1.165, 1.54) is 30.3 Å². The van der Waals surface area contributed by atoms with Crippen LogP contribution < -0.4 is 5.32 Å². The van der Waals surface area contributed by atoms with Crippen molar-refractivity contribution < 1.29 is 17.6 Å². The first-order valence-corrected chi connectivity index (χ1v) is 8.10. The maximum absolute atomic E-state index is 12.8. The molecule has 0 aromatic heterocycles. The third-order valence-corrected chi connectivity index (χ3v) is 4.88. The van der Waals surface area contributed by atoms with E-state index in [0.29, 0.717) is 12.0 Å². The maximum atomic E-state index is 12.8. The molecule has 1 heterocycles. The number of carbonyl (C=O) groups excluding carboxylic acids is 1. The van der Waals surface area contributed by atoms with Crippen molar-refractivity contribution in [3.8, 4) is 6.07 Å². The average molecular weight is 308 g/mol. The summed E-state index contributed by atoms with van der Waals surface area (Å²) in [6, 6.07) is 6.64. The molecule has 0 spiro atoms. The van der Waals surface area contributed by atoms with Gasteiger partial charge in [0.25, 0.3) is 5.91 Å². The quantitative estimate of drug-likeness (QED) is 0.667. The summed E-state index contributed by atoms with van der Waals surface area (Å²) in [5.41, 5.74) is 0.369. The lowest BCUT2D eigenvalue weighted by molar-refractivity contribution is -0.117. The Morgan fingerprint density at radius 1 is 1.38 bits per heavy atom. The van der Waals surface area contributed by atoms with Gasteiger partial charge < -0.3 is 5.32 Å². The molecule has 1 aliphatic rings. The van der Waals surface area contributed by atoms with E-state index in [2.05, 4.69) is 5.32 Å². The summed E-state index contributed by atoms with van der Waals surface area (Å²) in [4.78, 5) is 11.9. The van der Waals surface area contributed by atoms with E-state index in [0.717, 1.165) is 0 Å². The fourth-order valence-electron chi connectivity index (χ4n) is 2.05. The van der Waals surface area contributed by atoms with Gasteiger partial charge in [0, 0.05) is 6.04 Å². The highest BCUT2D eigenvalue weighted by atomic mass is 32.2. The third-order valence-electron chi connectivity index (χ3n) is 3.11. The summed E-state index contributed by atoms with van der Waals surface area (Å²) in [7, 11) is -3.10. The fraction of sp³-hybridized carbons (Fsp3) is 0.286. The van der Waals surface area contributed by atoms with E-state index < -0.39 is 27.6 Å². The van der Waals surface area contributed by atoms with Crippen LogP contribution in [0.15, 0.2) is 29.8 Å². The minimum absolute atomic E-state index is 0.0432. The number of nitriles is 1. The molecule has 1 amide bonds. The van der Waals surface area contributed by atoms with Crippen molar-refractivity contribution in [1.29, 1.82) is 5.26 Å². The molecule has 1 aromatic rings. The van der Waals surface area contributed by atoms with Crippen LogP contribution >= 0.6 is 0 Å². The van der Waals surface area contributed by atoms with E-state index in [1.807, 2.05) is 0 Å². The first-order chi connectivity index (χ1) is 9.89. The van der Waals surface area contributed by atoms with Crippen LogP contribution in [0.4, 0.5) is 4.39 Å². The minimum atomic E-state index is -3.10. The minimum Gasteiger partial charge on any atom is -0.348 e. The molecule has 0 radical (unpaired) electrons. The van der Waals surface area contributed by atoms with Crippen LogP contribution in [0, 0.1) is 17.1 Å². The van der Waals surface area contributed by atoms with Gasteiger partial charge in [-0.2, -0.15) is 5.26 Å². The molecular weight excluding hydrogens is 295 g/mol. The number of hydrogen-bond acceptors (Lipinski definition) is 4. The van der Waals surface area contributed by atoms with Crippen molar-refractivity contribution in [2.24, 2.45) is 0 Å². The molecule has 5 nitrogen and oxygen atoms in total. The Kier molecular flexibility index (Phi) is 4.38. The summed E-state index contributed by atoms with van der Waals surface area (Å²) in [5.74, 6) is -1.09. The lowest BCUT2D eigenvalue weighted by Gasteiger charge is -2.09. The zero-order valence-electron chi connectivity index (χ0n) is 11.0. The van der Waals surface area contributed by atoms with Gasteiger partial charge in [-0.05, 0) is 30.2 Å². The van der Waals surface area contributed by atoms with E-state index in [9.17, 15) is 17.6 Å². The summed E-state index contributed by atoms with van der Waals surface area (Å²) in [6.45, 7) is 0. The zero-order chi connectivity index (χ0) is 15.5. The molecular formula is C14H13FN2O3S. The van der Waals surface area contributed by atoms with Crippen LogP contribution in [0.25, 0.3) is 6.08 Å². The monoisotopic (exact) mass is 308 g/mol. The third kappa shape index (κ3) is 4.13. The maximum Gasteiger partial charge on any atom is 0.262 e.